The highest BCUT2D eigenvalue weighted by Gasteiger charge is 2.08. The quantitative estimate of drug-likeness (QED) is 0.901. The first-order valence-electron chi connectivity index (χ1n) is 5.22. The average Bonchev–Trinajstić information content (AvgIpc) is 2.37. The van der Waals surface area contributed by atoms with Gasteiger partial charge in [-0.25, -0.2) is 9.18 Å². The van der Waals surface area contributed by atoms with Crippen molar-refractivity contribution in [2.75, 3.05) is 0 Å². The van der Waals surface area contributed by atoms with E-state index in [9.17, 15) is 9.18 Å². The van der Waals surface area contributed by atoms with Crippen molar-refractivity contribution < 1.29 is 19.0 Å². The van der Waals surface area contributed by atoms with Gasteiger partial charge in [-0.3, -0.25) is 4.98 Å². The number of hydrogen-bond acceptors (Lipinski definition) is 3. The van der Waals surface area contributed by atoms with Gasteiger partial charge in [-0.1, -0.05) is 6.07 Å². The van der Waals surface area contributed by atoms with Gasteiger partial charge >= 0.3 is 5.97 Å². The second kappa shape index (κ2) is 5.27. The van der Waals surface area contributed by atoms with Gasteiger partial charge in [0.15, 0.2) is 0 Å². The lowest BCUT2D eigenvalue weighted by Crippen LogP contribution is -2.01. The van der Waals surface area contributed by atoms with Gasteiger partial charge in [-0.05, 0) is 24.3 Å². The summed E-state index contributed by atoms with van der Waals surface area (Å²) in [5.41, 5.74) is 0.532. The van der Waals surface area contributed by atoms with E-state index in [-0.39, 0.29) is 17.9 Å². The molecule has 1 aromatic carbocycles. The van der Waals surface area contributed by atoms with Crippen LogP contribution in [0.5, 0.6) is 5.75 Å². The van der Waals surface area contributed by atoms with Gasteiger partial charge < -0.3 is 9.84 Å². The van der Waals surface area contributed by atoms with E-state index in [0.29, 0.717) is 5.69 Å². The van der Waals surface area contributed by atoms with Crippen molar-refractivity contribution in [3.63, 3.8) is 0 Å². The summed E-state index contributed by atoms with van der Waals surface area (Å²) in [5.74, 6) is -1.68. The van der Waals surface area contributed by atoms with Crippen LogP contribution in [0.25, 0.3) is 0 Å². The predicted octanol–water partition coefficient (Wildman–Crippen LogP) is 2.50. The van der Waals surface area contributed by atoms with Crippen molar-refractivity contribution in [1.29, 1.82) is 0 Å². The van der Waals surface area contributed by atoms with E-state index in [4.69, 9.17) is 9.84 Å². The Bertz CT molecular complexity index is 557. The number of carboxylic acid groups (broad SMARTS) is 1. The molecule has 18 heavy (non-hydrogen) atoms. The molecular weight excluding hydrogens is 237 g/mol. The maximum Gasteiger partial charge on any atom is 0.335 e. The summed E-state index contributed by atoms with van der Waals surface area (Å²) in [5, 5.41) is 8.78. The number of aromatic carboxylic acids is 1. The molecule has 92 valence electrons. The summed E-state index contributed by atoms with van der Waals surface area (Å²) >= 11 is 0. The summed E-state index contributed by atoms with van der Waals surface area (Å²) in [7, 11) is 0. The molecule has 0 radical (unpaired) electrons. The molecular formula is C13H10FNO3. The first-order chi connectivity index (χ1) is 8.65. The third-order valence-electron chi connectivity index (χ3n) is 2.23. The highest BCUT2D eigenvalue weighted by Crippen LogP contribution is 2.17. The van der Waals surface area contributed by atoms with Crippen LogP contribution in [0, 0.1) is 5.82 Å². The molecule has 0 amide bonds. The highest BCUT2D eigenvalue weighted by atomic mass is 19.1. The van der Waals surface area contributed by atoms with Crippen molar-refractivity contribution in [1.82, 2.24) is 4.98 Å². The van der Waals surface area contributed by atoms with Crippen LogP contribution in [0.15, 0.2) is 42.6 Å². The minimum absolute atomic E-state index is 0.147. The van der Waals surface area contributed by atoms with Gasteiger partial charge in [-0.15, -0.1) is 0 Å². The number of carboxylic acids is 1. The molecule has 0 bridgehead atoms. The zero-order valence-electron chi connectivity index (χ0n) is 9.34. The largest absolute Gasteiger partial charge is 0.487 e. The maximum atomic E-state index is 13.2. The third kappa shape index (κ3) is 3.04. The molecule has 0 saturated heterocycles. The summed E-state index contributed by atoms with van der Waals surface area (Å²) in [6.45, 7) is 0.156. The van der Waals surface area contributed by atoms with E-state index >= 15 is 0 Å². The van der Waals surface area contributed by atoms with Crippen LogP contribution in [0.3, 0.4) is 0 Å². The minimum atomic E-state index is -1.20. The number of pyridine rings is 1. The fourth-order valence-corrected chi connectivity index (χ4v) is 1.41. The van der Waals surface area contributed by atoms with Crippen LogP contribution in [-0.2, 0) is 6.61 Å². The second-order valence-corrected chi connectivity index (χ2v) is 3.59. The monoisotopic (exact) mass is 247 g/mol. The zero-order chi connectivity index (χ0) is 13.0. The molecule has 0 unspecified atom stereocenters. The molecule has 5 heteroatoms. The van der Waals surface area contributed by atoms with Crippen LogP contribution in [0.2, 0.25) is 0 Å². The lowest BCUT2D eigenvalue weighted by Gasteiger charge is -2.06. The van der Waals surface area contributed by atoms with Crippen molar-refractivity contribution in [2.45, 2.75) is 6.61 Å². The van der Waals surface area contributed by atoms with Gasteiger partial charge in [-0.2, -0.15) is 0 Å². The van der Waals surface area contributed by atoms with Crippen LogP contribution in [0.4, 0.5) is 4.39 Å². The molecule has 0 atom stereocenters. The number of halogens is 1. The molecule has 0 aliphatic heterocycles. The Balaban J connectivity index is 2.12. The van der Waals surface area contributed by atoms with E-state index in [2.05, 4.69) is 4.98 Å². The number of nitrogens with zero attached hydrogens (tertiary/aromatic N) is 1. The van der Waals surface area contributed by atoms with Crippen molar-refractivity contribution in [2.24, 2.45) is 0 Å². The molecule has 4 nitrogen and oxygen atoms in total. The first kappa shape index (κ1) is 12.0. The SMILES string of the molecule is O=C(O)c1cc(F)cc(OCc2ccccn2)c1. The number of aromatic nitrogens is 1. The lowest BCUT2D eigenvalue weighted by atomic mass is 10.2. The molecule has 2 rings (SSSR count). The highest BCUT2D eigenvalue weighted by molar-refractivity contribution is 5.88. The Morgan fingerprint density at radius 3 is 2.83 bits per heavy atom. The van der Waals surface area contributed by atoms with Gasteiger partial charge in [0, 0.05) is 12.3 Å². The van der Waals surface area contributed by atoms with Crippen molar-refractivity contribution in [3.8, 4) is 5.75 Å². The fourth-order valence-electron chi connectivity index (χ4n) is 1.41. The number of benzene rings is 1. The predicted molar refractivity (Wildman–Crippen MR) is 61.9 cm³/mol. The van der Waals surface area contributed by atoms with E-state index in [1.54, 1.807) is 24.4 Å². The topological polar surface area (TPSA) is 59.4 Å². The number of ether oxygens (including phenoxy) is 1. The third-order valence-corrected chi connectivity index (χ3v) is 2.23. The molecule has 1 N–H and O–H groups in total. The number of rotatable bonds is 4. The molecule has 0 aliphatic carbocycles. The zero-order valence-corrected chi connectivity index (χ0v) is 9.34. The summed E-state index contributed by atoms with van der Waals surface area (Å²) in [4.78, 5) is 14.8. The fraction of sp³-hybridized carbons (Fsp3) is 0.0769. The van der Waals surface area contributed by atoms with Crippen LogP contribution in [0.1, 0.15) is 16.1 Å². The van der Waals surface area contributed by atoms with E-state index in [1.165, 1.54) is 6.07 Å². The van der Waals surface area contributed by atoms with Crippen LogP contribution < -0.4 is 4.74 Å². The Morgan fingerprint density at radius 1 is 1.33 bits per heavy atom. The standard InChI is InChI=1S/C13H10FNO3/c14-10-5-9(13(16)17)6-12(7-10)18-8-11-3-1-2-4-15-11/h1-7H,8H2,(H,16,17). The van der Waals surface area contributed by atoms with Gasteiger partial charge in [0.1, 0.15) is 18.2 Å². The average molecular weight is 247 g/mol. The van der Waals surface area contributed by atoms with Crippen molar-refractivity contribution >= 4 is 5.97 Å². The molecule has 0 saturated carbocycles. The van der Waals surface area contributed by atoms with E-state index in [1.807, 2.05) is 0 Å². The summed E-state index contributed by atoms with van der Waals surface area (Å²) < 4.78 is 18.5. The Morgan fingerprint density at radius 2 is 2.17 bits per heavy atom. The molecule has 0 spiro atoms. The maximum absolute atomic E-state index is 13.2. The normalized spacial score (nSPS) is 10.1. The molecule has 0 fully saturated rings. The van der Waals surface area contributed by atoms with Crippen LogP contribution >= 0.6 is 0 Å². The second-order valence-electron chi connectivity index (χ2n) is 3.59. The van der Waals surface area contributed by atoms with Gasteiger partial charge in [0.05, 0.1) is 11.3 Å². The van der Waals surface area contributed by atoms with Crippen LogP contribution in [-0.4, -0.2) is 16.1 Å². The first-order valence-corrected chi connectivity index (χ1v) is 5.22. The van der Waals surface area contributed by atoms with Gasteiger partial charge in [0.25, 0.3) is 0 Å². The number of hydrogen-bond donors (Lipinski definition) is 1. The Hall–Kier alpha value is -2.43. The molecule has 2 aromatic rings. The summed E-state index contributed by atoms with van der Waals surface area (Å²) in [6, 6.07) is 8.69. The van der Waals surface area contributed by atoms with E-state index < -0.39 is 11.8 Å². The van der Waals surface area contributed by atoms with Gasteiger partial charge in [0.2, 0.25) is 0 Å². The van der Waals surface area contributed by atoms with Crippen molar-refractivity contribution in [3.05, 3.63) is 59.7 Å². The molecule has 1 aromatic heterocycles. The number of carbonyl (C=O) groups is 1. The smallest absolute Gasteiger partial charge is 0.335 e. The summed E-state index contributed by atoms with van der Waals surface area (Å²) in [6.07, 6.45) is 1.62. The minimum Gasteiger partial charge on any atom is -0.487 e. The molecule has 0 aliphatic rings. The Kier molecular flexibility index (Phi) is 3.52. The lowest BCUT2D eigenvalue weighted by molar-refractivity contribution is 0.0695. The Labute approximate surface area is 103 Å². The van der Waals surface area contributed by atoms with E-state index in [0.717, 1.165) is 12.1 Å². The molecule has 1 heterocycles.